The van der Waals surface area contributed by atoms with E-state index in [0.29, 0.717) is 5.91 Å². The summed E-state index contributed by atoms with van der Waals surface area (Å²) in [6, 6.07) is 6.23. The molecule has 0 unspecified atom stereocenters. The molecule has 2 saturated heterocycles. The lowest BCUT2D eigenvalue weighted by atomic mass is 9.77. The summed E-state index contributed by atoms with van der Waals surface area (Å²) < 4.78 is 0. The molecule has 1 aromatic heterocycles. The molecule has 2 fully saturated rings. The molecule has 3 rings (SSSR count). The van der Waals surface area contributed by atoms with Gasteiger partial charge in [-0.3, -0.25) is 14.7 Å². The average Bonchev–Trinajstić information content (AvgIpc) is 2.84. The Balaban J connectivity index is 1.55. The van der Waals surface area contributed by atoms with Crippen LogP contribution in [0, 0.1) is 12.3 Å². The minimum atomic E-state index is 0.211. The van der Waals surface area contributed by atoms with E-state index in [9.17, 15) is 4.79 Å². The van der Waals surface area contributed by atoms with Gasteiger partial charge in [-0.15, -0.1) is 0 Å². The molecule has 24 heavy (non-hydrogen) atoms. The van der Waals surface area contributed by atoms with E-state index in [1.54, 1.807) is 0 Å². The second-order valence-electron chi connectivity index (χ2n) is 7.78. The first-order chi connectivity index (χ1) is 11.5. The monoisotopic (exact) mass is 327 g/mol. The zero-order valence-corrected chi connectivity index (χ0v) is 15.2. The normalized spacial score (nSPS) is 20.6. The van der Waals surface area contributed by atoms with Crippen LogP contribution in [0.25, 0.3) is 0 Å². The van der Waals surface area contributed by atoms with Crippen LogP contribution in [0.4, 0.5) is 0 Å². The van der Waals surface area contributed by atoms with Gasteiger partial charge in [0.2, 0.25) is 5.91 Å². The fourth-order valence-electron chi connectivity index (χ4n) is 3.88. The van der Waals surface area contributed by atoms with E-state index in [2.05, 4.69) is 41.9 Å². The number of amides is 1. The molecular formula is C20H29N3O. The third-order valence-electron chi connectivity index (χ3n) is 5.37. The number of likely N-dealkylation sites (tertiary alicyclic amines) is 2. The van der Waals surface area contributed by atoms with Crippen molar-refractivity contribution in [2.75, 3.05) is 26.2 Å². The molecule has 0 saturated carbocycles. The van der Waals surface area contributed by atoms with Crippen molar-refractivity contribution < 1.29 is 4.79 Å². The lowest BCUT2D eigenvalue weighted by Crippen LogP contribution is -2.41. The number of piperidine rings is 1. The average molecular weight is 327 g/mol. The number of hydrogen-bond donors (Lipinski definition) is 0. The summed E-state index contributed by atoms with van der Waals surface area (Å²) in [7, 11) is 0. The SMILES string of the molecule is CC(C)=CCN1CC2(CCN(Cc3cccc(C)n3)CC2)CC1=O. The Morgan fingerprint density at radius 2 is 2.04 bits per heavy atom. The number of pyridine rings is 1. The topological polar surface area (TPSA) is 36.4 Å². The molecule has 0 aliphatic carbocycles. The van der Waals surface area contributed by atoms with Gasteiger partial charge >= 0.3 is 0 Å². The molecule has 1 aromatic rings. The number of hydrogen-bond acceptors (Lipinski definition) is 3. The molecule has 4 nitrogen and oxygen atoms in total. The van der Waals surface area contributed by atoms with Crippen LogP contribution in [0.15, 0.2) is 29.8 Å². The zero-order valence-electron chi connectivity index (χ0n) is 15.2. The molecule has 4 heteroatoms. The van der Waals surface area contributed by atoms with Gasteiger partial charge in [0.15, 0.2) is 0 Å². The van der Waals surface area contributed by atoms with Crippen LogP contribution in [-0.2, 0) is 11.3 Å². The van der Waals surface area contributed by atoms with Gasteiger partial charge in [-0.05, 0) is 64.3 Å². The van der Waals surface area contributed by atoms with E-state index in [1.807, 2.05) is 17.9 Å². The first-order valence-corrected chi connectivity index (χ1v) is 9.02. The Hall–Kier alpha value is -1.68. The molecule has 0 atom stereocenters. The Morgan fingerprint density at radius 1 is 1.29 bits per heavy atom. The third kappa shape index (κ3) is 4.04. The number of carbonyl (C=O) groups excluding carboxylic acids is 1. The summed E-state index contributed by atoms with van der Waals surface area (Å²) in [6.45, 7) is 11.0. The summed E-state index contributed by atoms with van der Waals surface area (Å²) in [5.74, 6) is 0.335. The third-order valence-corrected chi connectivity index (χ3v) is 5.37. The van der Waals surface area contributed by atoms with E-state index in [0.717, 1.165) is 63.4 Å². The highest BCUT2D eigenvalue weighted by Gasteiger charge is 2.44. The van der Waals surface area contributed by atoms with Gasteiger partial charge in [0.25, 0.3) is 0 Å². The van der Waals surface area contributed by atoms with Gasteiger partial charge in [0, 0.05) is 31.7 Å². The second-order valence-corrected chi connectivity index (χ2v) is 7.78. The first kappa shape index (κ1) is 17.2. The molecule has 0 radical (unpaired) electrons. The van der Waals surface area contributed by atoms with Crippen LogP contribution in [0.3, 0.4) is 0 Å². The van der Waals surface area contributed by atoms with Gasteiger partial charge in [0.1, 0.15) is 0 Å². The number of rotatable bonds is 4. The largest absolute Gasteiger partial charge is 0.338 e. The second kappa shape index (κ2) is 7.06. The number of carbonyl (C=O) groups is 1. The quantitative estimate of drug-likeness (QED) is 0.797. The number of aromatic nitrogens is 1. The Labute approximate surface area is 145 Å². The van der Waals surface area contributed by atoms with Crippen molar-refractivity contribution >= 4 is 5.91 Å². The van der Waals surface area contributed by atoms with Crippen molar-refractivity contribution in [1.82, 2.24) is 14.8 Å². The maximum atomic E-state index is 12.3. The minimum absolute atomic E-state index is 0.211. The van der Waals surface area contributed by atoms with E-state index in [4.69, 9.17) is 0 Å². The predicted octanol–water partition coefficient (Wildman–Crippen LogP) is 3.17. The van der Waals surface area contributed by atoms with Gasteiger partial charge in [-0.25, -0.2) is 0 Å². The van der Waals surface area contributed by atoms with Crippen LogP contribution in [0.5, 0.6) is 0 Å². The van der Waals surface area contributed by atoms with Gasteiger partial charge in [0.05, 0.1) is 5.69 Å². The molecule has 2 aliphatic heterocycles. The zero-order chi connectivity index (χ0) is 17.2. The molecule has 0 aromatic carbocycles. The summed E-state index contributed by atoms with van der Waals surface area (Å²) in [6.07, 6.45) is 5.14. The molecular weight excluding hydrogens is 298 g/mol. The summed E-state index contributed by atoms with van der Waals surface area (Å²) in [5, 5.41) is 0. The van der Waals surface area contributed by atoms with Crippen LogP contribution in [-0.4, -0.2) is 46.9 Å². The molecule has 1 amide bonds. The summed E-state index contributed by atoms with van der Waals surface area (Å²) in [4.78, 5) is 21.5. The highest BCUT2D eigenvalue weighted by atomic mass is 16.2. The predicted molar refractivity (Wildman–Crippen MR) is 96.5 cm³/mol. The maximum absolute atomic E-state index is 12.3. The fraction of sp³-hybridized carbons (Fsp3) is 0.600. The molecule has 0 N–H and O–H groups in total. The molecule has 130 valence electrons. The highest BCUT2D eigenvalue weighted by Crippen LogP contribution is 2.41. The van der Waals surface area contributed by atoms with E-state index < -0.39 is 0 Å². The van der Waals surface area contributed by atoms with E-state index in [1.165, 1.54) is 5.57 Å². The van der Waals surface area contributed by atoms with Crippen molar-refractivity contribution in [3.8, 4) is 0 Å². The van der Waals surface area contributed by atoms with E-state index >= 15 is 0 Å². The minimum Gasteiger partial charge on any atom is -0.338 e. The van der Waals surface area contributed by atoms with Crippen LogP contribution in [0.2, 0.25) is 0 Å². The van der Waals surface area contributed by atoms with Crippen molar-refractivity contribution in [3.63, 3.8) is 0 Å². The number of allylic oxidation sites excluding steroid dienone is 1. The van der Waals surface area contributed by atoms with Crippen molar-refractivity contribution in [2.24, 2.45) is 5.41 Å². The van der Waals surface area contributed by atoms with Crippen LogP contribution >= 0.6 is 0 Å². The van der Waals surface area contributed by atoms with Gasteiger partial charge in [-0.1, -0.05) is 17.7 Å². The molecule has 3 heterocycles. The highest BCUT2D eigenvalue weighted by molar-refractivity contribution is 5.79. The van der Waals surface area contributed by atoms with Crippen LogP contribution < -0.4 is 0 Å². The van der Waals surface area contributed by atoms with E-state index in [-0.39, 0.29) is 5.41 Å². The van der Waals surface area contributed by atoms with Gasteiger partial charge in [-0.2, -0.15) is 0 Å². The smallest absolute Gasteiger partial charge is 0.223 e. The van der Waals surface area contributed by atoms with Crippen LogP contribution in [0.1, 0.15) is 44.5 Å². The number of nitrogens with zero attached hydrogens (tertiary/aromatic N) is 3. The molecule has 2 aliphatic rings. The maximum Gasteiger partial charge on any atom is 0.223 e. The lowest BCUT2D eigenvalue weighted by Gasteiger charge is -2.38. The Kier molecular flexibility index (Phi) is 5.04. The standard InChI is InChI=1S/C20H29N3O/c1-16(2)7-10-23-15-20(13-19(23)24)8-11-22(12-9-20)14-18-6-4-5-17(3)21-18/h4-7H,8-15H2,1-3H3. The Morgan fingerprint density at radius 3 is 2.71 bits per heavy atom. The molecule has 0 bridgehead atoms. The molecule has 1 spiro atoms. The first-order valence-electron chi connectivity index (χ1n) is 9.02. The lowest BCUT2D eigenvalue weighted by molar-refractivity contribution is -0.127. The van der Waals surface area contributed by atoms with Gasteiger partial charge < -0.3 is 4.90 Å². The van der Waals surface area contributed by atoms with Crippen molar-refractivity contribution in [3.05, 3.63) is 41.2 Å². The number of aryl methyl sites for hydroxylation is 1. The fourth-order valence-corrected chi connectivity index (χ4v) is 3.88. The summed E-state index contributed by atoms with van der Waals surface area (Å²) in [5.41, 5.74) is 3.73. The van der Waals surface area contributed by atoms with Crippen molar-refractivity contribution in [1.29, 1.82) is 0 Å². The Bertz CT molecular complexity index is 626. The summed E-state index contributed by atoms with van der Waals surface area (Å²) >= 11 is 0. The van der Waals surface area contributed by atoms with Crippen molar-refractivity contribution in [2.45, 2.75) is 46.6 Å².